The molecule has 1 unspecified atom stereocenters. The molecule has 1 heterocycles. The van der Waals surface area contributed by atoms with Gasteiger partial charge in [-0.05, 0) is 58.1 Å². The van der Waals surface area contributed by atoms with Gasteiger partial charge in [0.15, 0.2) is 0 Å². The highest BCUT2D eigenvalue weighted by atomic mass is 32.2. The van der Waals surface area contributed by atoms with Crippen molar-refractivity contribution < 1.29 is 22.1 Å². The lowest BCUT2D eigenvalue weighted by atomic mass is 10.1. The maximum absolute atomic E-state index is 13.5. The SMILES string of the molecule is C=S(C)(=O)c1cccc(CCc2nc(Nc3ccccc3OC)ncc2C(F)(F)F)c1. The summed E-state index contributed by atoms with van der Waals surface area (Å²) in [5.74, 6) is 4.20. The Bertz CT molecular complexity index is 1180. The highest BCUT2D eigenvalue weighted by molar-refractivity contribution is 7.99. The van der Waals surface area contributed by atoms with Gasteiger partial charge < -0.3 is 10.1 Å². The monoisotopic (exact) mass is 449 g/mol. The van der Waals surface area contributed by atoms with E-state index in [9.17, 15) is 17.4 Å². The molecular formula is C22H22F3N3O2S. The van der Waals surface area contributed by atoms with Gasteiger partial charge in [0.1, 0.15) is 5.75 Å². The Hall–Kier alpha value is -3.07. The molecule has 0 aliphatic heterocycles. The molecule has 5 nitrogen and oxygen atoms in total. The van der Waals surface area contributed by atoms with Crippen molar-refractivity contribution in [3.63, 3.8) is 0 Å². The van der Waals surface area contributed by atoms with Crippen molar-refractivity contribution in [1.29, 1.82) is 0 Å². The third-order valence-electron chi connectivity index (χ3n) is 4.57. The summed E-state index contributed by atoms with van der Waals surface area (Å²) in [6.45, 7) is 0. The minimum atomic E-state index is -4.58. The number of nitrogens with one attached hydrogen (secondary N) is 1. The van der Waals surface area contributed by atoms with Gasteiger partial charge in [0, 0.05) is 17.3 Å². The molecule has 0 spiro atoms. The van der Waals surface area contributed by atoms with Gasteiger partial charge in [-0.3, -0.25) is 4.21 Å². The van der Waals surface area contributed by atoms with Crippen molar-refractivity contribution in [2.24, 2.45) is 0 Å². The number of anilines is 2. The molecule has 3 aromatic rings. The van der Waals surface area contributed by atoms with Crippen LogP contribution in [0.3, 0.4) is 0 Å². The number of alkyl halides is 3. The van der Waals surface area contributed by atoms with Crippen molar-refractivity contribution in [2.45, 2.75) is 23.9 Å². The van der Waals surface area contributed by atoms with Gasteiger partial charge in [-0.15, -0.1) is 0 Å². The van der Waals surface area contributed by atoms with E-state index in [0.717, 1.165) is 11.8 Å². The molecule has 9 heteroatoms. The molecule has 0 fully saturated rings. The third-order valence-corrected chi connectivity index (χ3v) is 5.83. The minimum absolute atomic E-state index is 0.0312. The van der Waals surface area contributed by atoms with Crippen LogP contribution in [0.5, 0.6) is 5.75 Å². The summed E-state index contributed by atoms with van der Waals surface area (Å²) in [7, 11) is -0.921. The molecular weight excluding hydrogens is 427 g/mol. The molecule has 0 aliphatic carbocycles. The zero-order chi connectivity index (χ0) is 22.6. The summed E-state index contributed by atoms with van der Waals surface area (Å²) in [6, 6.07) is 13.9. The molecule has 0 saturated heterocycles. The highest BCUT2D eigenvalue weighted by Crippen LogP contribution is 2.33. The maximum Gasteiger partial charge on any atom is 0.419 e. The van der Waals surface area contributed by atoms with Gasteiger partial charge in [-0.1, -0.05) is 24.3 Å². The van der Waals surface area contributed by atoms with E-state index in [-0.39, 0.29) is 24.5 Å². The number of rotatable bonds is 7. The normalized spacial score (nSPS) is 13.5. The summed E-state index contributed by atoms with van der Waals surface area (Å²) in [4.78, 5) is 8.52. The molecule has 1 atom stereocenters. The number of ether oxygens (including phenoxy) is 1. The Morgan fingerprint density at radius 1 is 1.13 bits per heavy atom. The summed E-state index contributed by atoms with van der Waals surface area (Å²) >= 11 is 0. The standard InChI is InChI=1S/C22H22F3N3O2S/c1-30-20-10-5-4-9-19(20)28-21-26-14-17(22(23,24)25)18(27-21)12-11-15-7-6-8-16(13-15)31(2,3)29/h4-10,13-14H,2,11-12H2,1,3H3,(H,26,27,28). The lowest BCUT2D eigenvalue weighted by molar-refractivity contribution is -0.138. The number of halogens is 3. The van der Waals surface area contributed by atoms with Crippen LogP contribution in [0.1, 0.15) is 16.8 Å². The first-order valence-electron chi connectivity index (χ1n) is 9.32. The number of aromatic nitrogens is 2. The van der Waals surface area contributed by atoms with Crippen molar-refractivity contribution in [3.8, 4) is 5.75 Å². The number of aryl methyl sites for hydroxylation is 2. The molecule has 1 N–H and O–H groups in total. The Morgan fingerprint density at radius 2 is 1.87 bits per heavy atom. The Morgan fingerprint density at radius 3 is 2.55 bits per heavy atom. The van der Waals surface area contributed by atoms with Crippen LogP contribution in [0, 0.1) is 0 Å². The van der Waals surface area contributed by atoms with Crippen LogP contribution in [-0.4, -0.2) is 33.4 Å². The Balaban J connectivity index is 1.90. The fraction of sp³-hybridized carbons (Fsp3) is 0.227. The largest absolute Gasteiger partial charge is 0.495 e. The second-order valence-corrected chi connectivity index (χ2v) is 9.51. The predicted molar refractivity (Wildman–Crippen MR) is 117 cm³/mol. The summed E-state index contributed by atoms with van der Waals surface area (Å²) < 4.78 is 57.9. The first kappa shape index (κ1) is 22.6. The second-order valence-electron chi connectivity index (χ2n) is 7.03. The van der Waals surface area contributed by atoms with Crippen LogP contribution in [0.15, 0.2) is 59.6 Å². The number of hydrogen-bond donors (Lipinski definition) is 1. The molecule has 0 amide bonds. The molecule has 3 rings (SSSR count). The van der Waals surface area contributed by atoms with Crippen molar-refractivity contribution in [1.82, 2.24) is 9.97 Å². The maximum atomic E-state index is 13.5. The number of nitrogens with zero attached hydrogens (tertiary/aromatic N) is 2. The topological polar surface area (TPSA) is 64.1 Å². The van der Waals surface area contributed by atoms with Gasteiger partial charge in [0.25, 0.3) is 0 Å². The fourth-order valence-electron chi connectivity index (χ4n) is 3.01. The number of para-hydroxylation sites is 2. The Labute approximate surface area is 179 Å². The number of hydrogen-bond acceptors (Lipinski definition) is 5. The zero-order valence-electron chi connectivity index (χ0n) is 17.1. The lowest BCUT2D eigenvalue weighted by Crippen LogP contribution is -2.14. The van der Waals surface area contributed by atoms with Gasteiger partial charge in [-0.2, -0.15) is 13.2 Å². The van der Waals surface area contributed by atoms with E-state index >= 15 is 0 Å². The van der Waals surface area contributed by atoms with Crippen LogP contribution in [-0.2, 0) is 28.5 Å². The molecule has 2 aromatic carbocycles. The molecule has 0 bridgehead atoms. The molecule has 0 aliphatic rings. The van der Waals surface area contributed by atoms with E-state index < -0.39 is 21.3 Å². The Kier molecular flexibility index (Phi) is 6.54. The van der Waals surface area contributed by atoms with Crippen LogP contribution in [0.4, 0.5) is 24.8 Å². The summed E-state index contributed by atoms with van der Waals surface area (Å²) in [5.41, 5.74) is 0.279. The molecule has 0 saturated carbocycles. The highest BCUT2D eigenvalue weighted by Gasteiger charge is 2.34. The van der Waals surface area contributed by atoms with Crippen LogP contribution >= 0.6 is 0 Å². The molecule has 1 aromatic heterocycles. The van der Waals surface area contributed by atoms with E-state index in [2.05, 4.69) is 21.2 Å². The first-order valence-corrected chi connectivity index (χ1v) is 11.5. The van der Waals surface area contributed by atoms with E-state index in [1.807, 2.05) is 0 Å². The summed E-state index contributed by atoms with van der Waals surface area (Å²) in [5, 5.41) is 2.91. The average Bonchev–Trinajstić information content (AvgIpc) is 2.71. The molecule has 31 heavy (non-hydrogen) atoms. The van der Waals surface area contributed by atoms with E-state index in [0.29, 0.717) is 16.3 Å². The van der Waals surface area contributed by atoms with Crippen molar-refractivity contribution >= 4 is 27.0 Å². The second kappa shape index (κ2) is 8.97. The van der Waals surface area contributed by atoms with E-state index in [1.165, 1.54) is 13.4 Å². The molecule has 0 radical (unpaired) electrons. The minimum Gasteiger partial charge on any atom is -0.495 e. The van der Waals surface area contributed by atoms with Gasteiger partial charge >= 0.3 is 6.18 Å². The van der Waals surface area contributed by atoms with Crippen LogP contribution < -0.4 is 10.1 Å². The van der Waals surface area contributed by atoms with Gasteiger partial charge in [-0.25, -0.2) is 9.97 Å². The predicted octanol–water partition coefficient (Wildman–Crippen LogP) is 4.74. The quantitative estimate of drug-likeness (QED) is 0.528. The van der Waals surface area contributed by atoms with Gasteiger partial charge in [0.05, 0.1) is 24.1 Å². The fourth-order valence-corrected chi connectivity index (χ4v) is 3.77. The van der Waals surface area contributed by atoms with E-state index in [1.54, 1.807) is 48.5 Å². The van der Waals surface area contributed by atoms with Crippen LogP contribution in [0.25, 0.3) is 0 Å². The first-order chi connectivity index (χ1) is 14.6. The molecule has 164 valence electrons. The average molecular weight is 449 g/mol. The van der Waals surface area contributed by atoms with Gasteiger partial charge in [0.2, 0.25) is 5.95 Å². The number of benzene rings is 2. The number of methoxy groups -OCH3 is 1. The summed E-state index contributed by atoms with van der Waals surface area (Å²) in [6.07, 6.45) is -1.95. The van der Waals surface area contributed by atoms with Crippen molar-refractivity contribution in [3.05, 3.63) is 71.5 Å². The third kappa shape index (κ3) is 5.75. The lowest BCUT2D eigenvalue weighted by Gasteiger charge is -2.15. The van der Waals surface area contributed by atoms with Crippen LogP contribution in [0.2, 0.25) is 0 Å². The smallest absolute Gasteiger partial charge is 0.419 e. The van der Waals surface area contributed by atoms with E-state index in [4.69, 9.17) is 4.74 Å². The van der Waals surface area contributed by atoms with Crippen molar-refractivity contribution in [2.75, 3.05) is 18.7 Å². The zero-order valence-corrected chi connectivity index (χ0v) is 17.9.